The van der Waals surface area contributed by atoms with Crippen LogP contribution in [0.25, 0.3) is 44.2 Å². The fourth-order valence-electron chi connectivity index (χ4n) is 11.8. The molecule has 7 aromatic rings. The summed E-state index contributed by atoms with van der Waals surface area (Å²) in [4.78, 5) is 2.48. The van der Waals surface area contributed by atoms with Gasteiger partial charge in [0.05, 0.1) is 0 Å². The van der Waals surface area contributed by atoms with Crippen molar-refractivity contribution in [1.29, 1.82) is 0 Å². The van der Waals surface area contributed by atoms with Gasteiger partial charge in [-0.25, -0.2) is 0 Å². The monoisotopic (exact) mass is 739 g/mol. The lowest BCUT2D eigenvalue weighted by Gasteiger charge is -2.29. The Hall–Kier alpha value is -5.40. The van der Waals surface area contributed by atoms with Gasteiger partial charge in [0.1, 0.15) is 0 Å². The van der Waals surface area contributed by atoms with Crippen LogP contribution in [0.3, 0.4) is 0 Å². The van der Waals surface area contributed by atoms with Gasteiger partial charge in [-0.1, -0.05) is 149 Å². The topological polar surface area (TPSA) is 3.24 Å². The van der Waals surface area contributed by atoms with Crippen LogP contribution in [0.2, 0.25) is 0 Å². The summed E-state index contributed by atoms with van der Waals surface area (Å²) in [5.74, 6) is 3.34. The Morgan fingerprint density at radius 3 is 1.84 bits per heavy atom. The third-order valence-corrected chi connectivity index (χ3v) is 14.7. The highest BCUT2D eigenvalue weighted by atomic mass is 15.1. The van der Waals surface area contributed by atoms with E-state index in [4.69, 9.17) is 0 Å². The molecule has 0 amide bonds. The maximum absolute atomic E-state index is 2.48. The number of hydrogen-bond donors (Lipinski definition) is 0. The zero-order chi connectivity index (χ0) is 38.1. The molecular formula is C56H53N. The van der Waals surface area contributed by atoms with E-state index in [1.54, 1.807) is 5.56 Å². The highest BCUT2D eigenvalue weighted by Gasteiger charge is 2.40. The molecule has 0 aromatic heterocycles. The van der Waals surface area contributed by atoms with Crippen molar-refractivity contribution in [3.63, 3.8) is 0 Å². The molecule has 1 heteroatoms. The number of anilines is 3. The first-order valence-electron chi connectivity index (χ1n) is 21.9. The van der Waals surface area contributed by atoms with Crippen molar-refractivity contribution >= 4 is 27.8 Å². The molecular weight excluding hydrogens is 687 g/mol. The fraction of sp³-hybridized carbons (Fsp3) is 0.286. The van der Waals surface area contributed by atoms with Gasteiger partial charge in [-0.2, -0.15) is 0 Å². The SMILES string of the molecule is CC1(C)c2cc(N(c3ccc(-c4ccc(C5CC6CCC5C6)cc4)cc3)c3ccc(C4CCCCC4)cc3)ccc2-c2cccc(-c3ccc4ccccc4c3)c21. The maximum Gasteiger partial charge on any atom is 0.0465 e. The first kappa shape index (κ1) is 34.8. The van der Waals surface area contributed by atoms with Crippen LogP contribution in [0.5, 0.6) is 0 Å². The highest BCUT2D eigenvalue weighted by molar-refractivity contribution is 5.93. The van der Waals surface area contributed by atoms with E-state index < -0.39 is 0 Å². The van der Waals surface area contributed by atoms with Crippen molar-refractivity contribution in [2.45, 2.75) is 88.9 Å². The van der Waals surface area contributed by atoms with E-state index in [0.717, 1.165) is 17.8 Å². The van der Waals surface area contributed by atoms with Gasteiger partial charge in [0.2, 0.25) is 0 Å². The van der Waals surface area contributed by atoms with Crippen molar-refractivity contribution < 1.29 is 0 Å². The lowest BCUT2D eigenvalue weighted by Crippen LogP contribution is -2.17. The van der Waals surface area contributed by atoms with Crippen molar-refractivity contribution in [1.82, 2.24) is 0 Å². The molecule has 0 heterocycles. The summed E-state index contributed by atoms with van der Waals surface area (Å²) in [6.07, 6.45) is 12.4. The number of nitrogens with zero attached hydrogens (tertiary/aromatic N) is 1. The largest absolute Gasteiger partial charge is 0.310 e. The summed E-state index contributed by atoms with van der Waals surface area (Å²) in [5.41, 5.74) is 17.2. The molecule has 3 saturated carbocycles. The lowest BCUT2D eigenvalue weighted by molar-refractivity contribution is 0.420. The Bertz CT molecular complexity index is 2590. The van der Waals surface area contributed by atoms with Crippen molar-refractivity contribution in [3.05, 3.63) is 174 Å². The fourth-order valence-corrected chi connectivity index (χ4v) is 11.8. The molecule has 3 unspecified atom stereocenters. The first-order valence-corrected chi connectivity index (χ1v) is 21.9. The van der Waals surface area contributed by atoms with Crippen molar-refractivity contribution in [3.8, 4) is 33.4 Å². The minimum absolute atomic E-state index is 0.173. The lowest BCUT2D eigenvalue weighted by atomic mass is 9.78. The predicted octanol–water partition coefficient (Wildman–Crippen LogP) is 15.9. The molecule has 4 aliphatic rings. The summed E-state index contributed by atoms with van der Waals surface area (Å²) in [6.45, 7) is 4.85. The quantitative estimate of drug-likeness (QED) is 0.157. The normalized spacial score (nSPS) is 20.8. The van der Waals surface area contributed by atoms with E-state index in [1.807, 2.05) is 0 Å². The zero-order valence-corrected chi connectivity index (χ0v) is 33.6. The minimum Gasteiger partial charge on any atom is -0.310 e. The summed E-state index contributed by atoms with van der Waals surface area (Å²) in [6, 6.07) is 58.2. The second kappa shape index (κ2) is 13.9. The van der Waals surface area contributed by atoms with E-state index in [9.17, 15) is 0 Å². The van der Waals surface area contributed by atoms with Gasteiger partial charge in [-0.3, -0.25) is 0 Å². The predicted molar refractivity (Wildman–Crippen MR) is 241 cm³/mol. The molecule has 3 atom stereocenters. The molecule has 3 fully saturated rings. The van der Waals surface area contributed by atoms with Crippen molar-refractivity contribution in [2.24, 2.45) is 11.8 Å². The Labute approximate surface area is 339 Å². The molecule has 282 valence electrons. The molecule has 0 saturated heterocycles. The summed E-state index contributed by atoms with van der Waals surface area (Å²) in [5, 5.41) is 2.57. The molecule has 11 rings (SSSR count). The van der Waals surface area contributed by atoms with Gasteiger partial charge in [0.25, 0.3) is 0 Å². The van der Waals surface area contributed by atoms with Gasteiger partial charge in [-0.15, -0.1) is 0 Å². The van der Waals surface area contributed by atoms with Gasteiger partial charge in [0.15, 0.2) is 0 Å². The average Bonchev–Trinajstić information content (AvgIpc) is 3.97. The van der Waals surface area contributed by atoms with E-state index in [1.165, 1.54) is 136 Å². The molecule has 0 radical (unpaired) electrons. The molecule has 1 nitrogen and oxygen atoms in total. The zero-order valence-electron chi connectivity index (χ0n) is 33.6. The van der Waals surface area contributed by atoms with Gasteiger partial charge in [-0.05, 0) is 165 Å². The summed E-state index contributed by atoms with van der Waals surface area (Å²) in [7, 11) is 0. The molecule has 0 aliphatic heterocycles. The molecule has 57 heavy (non-hydrogen) atoms. The second-order valence-electron chi connectivity index (χ2n) is 18.4. The first-order chi connectivity index (χ1) is 28.0. The molecule has 2 bridgehead atoms. The second-order valence-corrected chi connectivity index (χ2v) is 18.4. The van der Waals surface area contributed by atoms with Crippen LogP contribution < -0.4 is 4.90 Å². The minimum atomic E-state index is -0.173. The van der Waals surface area contributed by atoms with E-state index >= 15 is 0 Å². The molecule has 0 N–H and O–H groups in total. The van der Waals surface area contributed by atoms with E-state index in [-0.39, 0.29) is 5.41 Å². The maximum atomic E-state index is 2.48. The van der Waals surface area contributed by atoms with Crippen LogP contribution in [-0.4, -0.2) is 0 Å². The smallest absolute Gasteiger partial charge is 0.0465 e. The Morgan fingerprint density at radius 2 is 1.12 bits per heavy atom. The molecule has 4 aliphatic carbocycles. The van der Waals surface area contributed by atoms with Crippen LogP contribution in [-0.2, 0) is 5.41 Å². The standard InChI is InChI=1S/C56H53N/c1-56(2)54-36-49(31-32-51(54)52-14-8-13-50(55(52)56)46-22-19-39-11-6-7-12-44(39)35-46)57(47-27-23-41(24-28-47)38-9-4-3-5-10-38)48-29-25-42(26-30-48)40-17-20-43(21-18-40)53-34-37-15-16-45(53)33-37/h6-8,11-14,17-32,35-38,45,53H,3-5,9-10,15-16,33-34H2,1-2H3. The molecule has 0 spiro atoms. The number of hydrogen-bond acceptors (Lipinski definition) is 1. The van der Waals surface area contributed by atoms with Crippen LogP contribution in [0, 0.1) is 11.8 Å². The van der Waals surface area contributed by atoms with Crippen LogP contribution >= 0.6 is 0 Å². The Morgan fingerprint density at radius 1 is 0.474 bits per heavy atom. The number of fused-ring (bicyclic) bond motifs is 6. The number of benzene rings is 7. The third-order valence-electron chi connectivity index (χ3n) is 14.7. The Kier molecular flexibility index (Phi) is 8.50. The summed E-state index contributed by atoms with van der Waals surface area (Å²) < 4.78 is 0. The van der Waals surface area contributed by atoms with Gasteiger partial charge >= 0.3 is 0 Å². The molecule has 7 aromatic carbocycles. The number of rotatable bonds is 7. The average molecular weight is 740 g/mol. The van der Waals surface area contributed by atoms with E-state index in [0.29, 0.717) is 5.92 Å². The van der Waals surface area contributed by atoms with Gasteiger partial charge in [0, 0.05) is 22.5 Å². The summed E-state index contributed by atoms with van der Waals surface area (Å²) >= 11 is 0. The van der Waals surface area contributed by atoms with Crippen LogP contribution in [0.15, 0.2) is 152 Å². The third kappa shape index (κ3) is 6.05. The van der Waals surface area contributed by atoms with Crippen molar-refractivity contribution in [2.75, 3.05) is 4.90 Å². The van der Waals surface area contributed by atoms with Crippen LogP contribution in [0.4, 0.5) is 17.1 Å². The van der Waals surface area contributed by atoms with Crippen LogP contribution in [0.1, 0.15) is 106 Å². The van der Waals surface area contributed by atoms with E-state index in [2.05, 4.69) is 170 Å². The Balaban J connectivity index is 0.957. The van der Waals surface area contributed by atoms with Gasteiger partial charge < -0.3 is 4.90 Å². The highest BCUT2D eigenvalue weighted by Crippen LogP contribution is 2.55.